The lowest BCUT2D eigenvalue weighted by Gasteiger charge is -2.29. The van der Waals surface area contributed by atoms with Crippen molar-refractivity contribution < 1.29 is 9.53 Å². The fourth-order valence-electron chi connectivity index (χ4n) is 2.66. The van der Waals surface area contributed by atoms with Gasteiger partial charge in [-0.25, -0.2) is 4.79 Å². The summed E-state index contributed by atoms with van der Waals surface area (Å²) >= 11 is 0. The van der Waals surface area contributed by atoms with E-state index in [4.69, 9.17) is 4.74 Å². The van der Waals surface area contributed by atoms with Gasteiger partial charge in [0.25, 0.3) is 0 Å². The first-order chi connectivity index (χ1) is 10.2. The first-order valence-electron chi connectivity index (χ1n) is 8.65. The van der Waals surface area contributed by atoms with Crippen LogP contribution in [-0.2, 0) is 4.74 Å². The van der Waals surface area contributed by atoms with Crippen LogP contribution < -0.4 is 5.32 Å². The Morgan fingerprint density at radius 1 is 1.45 bits per heavy atom. The molecule has 5 nitrogen and oxygen atoms in total. The lowest BCUT2D eigenvalue weighted by Crippen LogP contribution is -2.45. The van der Waals surface area contributed by atoms with Gasteiger partial charge in [-0.05, 0) is 54.0 Å². The SMILES string of the molecule is CCC(C)N(C)CCNCC1CCCN1C(=O)OC(C)(C)C. The average molecular weight is 313 g/mol. The highest BCUT2D eigenvalue weighted by Crippen LogP contribution is 2.20. The number of ether oxygens (including phenoxy) is 1. The van der Waals surface area contributed by atoms with Gasteiger partial charge in [0.05, 0.1) is 0 Å². The lowest BCUT2D eigenvalue weighted by atomic mass is 10.2. The summed E-state index contributed by atoms with van der Waals surface area (Å²) in [7, 11) is 2.17. The van der Waals surface area contributed by atoms with E-state index in [0.717, 1.165) is 39.0 Å². The summed E-state index contributed by atoms with van der Waals surface area (Å²) < 4.78 is 5.49. The molecule has 1 heterocycles. The van der Waals surface area contributed by atoms with Crippen LogP contribution in [0.2, 0.25) is 0 Å². The minimum Gasteiger partial charge on any atom is -0.444 e. The fraction of sp³-hybridized carbons (Fsp3) is 0.941. The molecule has 0 saturated carbocycles. The van der Waals surface area contributed by atoms with Crippen LogP contribution in [0.25, 0.3) is 0 Å². The van der Waals surface area contributed by atoms with Crippen LogP contribution in [0.3, 0.4) is 0 Å². The molecule has 2 atom stereocenters. The van der Waals surface area contributed by atoms with Gasteiger partial charge < -0.3 is 19.9 Å². The second-order valence-corrected chi connectivity index (χ2v) is 7.41. The van der Waals surface area contributed by atoms with Gasteiger partial charge >= 0.3 is 6.09 Å². The number of likely N-dealkylation sites (tertiary alicyclic amines) is 1. The van der Waals surface area contributed by atoms with Gasteiger partial charge in [-0.2, -0.15) is 0 Å². The first kappa shape index (κ1) is 19.2. The topological polar surface area (TPSA) is 44.8 Å². The molecule has 1 N–H and O–H groups in total. The van der Waals surface area contributed by atoms with E-state index in [1.165, 1.54) is 6.42 Å². The van der Waals surface area contributed by atoms with Crippen molar-refractivity contribution in [1.82, 2.24) is 15.1 Å². The largest absolute Gasteiger partial charge is 0.444 e. The predicted octanol–water partition coefficient (Wildman–Crippen LogP) is 2.71. The monoisotopic (exact) mass is 313 g/mol. The molecule has 130 valence electrons. The molecule has 0 aliphatic carbocycles. The van der Waals surface area contributed by atoms with Crippen LogP contribution in [0.1, 0.15) is 53.9 Å². The molecule has 1 saturated heterocycles. The second-order valence-electron chi connectivity index (χ2n) is 7.41. The molecule has 2 unspecified atom stereocenters. The molecule has 0 aromatic rings. The van der Waals surface area contributed by atoms with E-state index in [2.05, 4.69) is 31.1 Å². The Balaban J connectivity index is 2.31. The molecule has 5 heteroatoms. The van der Waals surface area contributed by atoms with Gasteiger partial charge in [0, 0.05) is 38.3 Å². The van der Waals surface area contributed by atoms with Crippen molar-refractivity contribution >= 4 is 6.09 Å². The standard InChI is InChI=1S/C17H35N3O2/c1-7-14(2)19(6)12-10-18-13-15-9-8-11-20(15)16(21)22-17(3,4)5/h14-15,18H,7-13H2,1-6H3. The summed E-state index contributed by atoms with van der Waals surface area (Å²) in [6.45, 7) is 13.9. The zero-order valence-electron chi connectivity index (χ0n) is 15.3. The molecular formula is C17H35N3O2. The Morgan fingerprint density at radius 3 is 2.73 bits per heavy atom. The van der Waals surface area contributed by atoms with Gasteiger partial charge in [-0.1, -0.05) is 6.92 Å². The number of rotatable bonds is 7. The summed E-state index contributed by atoms with van der Waals surface area (Å²) in [5.41, 5.74) is -0.420. The molecule has 22 heavy (non-hydrogen) atoms. The van der Waals surface area contributed by atoms with E-state index in [9.17, 15) is 4.79 Å². The first-order valence-corrected chi connectivity index (χ1v) is 8.65. The number of likely N-dealkylation sites (N-methyl/N-ethyl adjacent to an activating group) is 1. The minimum absolute atomic E-state index is 0.173. The number of carbonyl (C=O) groups excluding carboxylic acids is 1. The molecule has 0 aromatic carbocycles. The third-order valence-electron chi connectivity index (χ3n) is 4.37. The molecule has 1 aliphatic rings. The predicted molar refractivity (Wildman–Crippen MR) is 91.2 cm³/mol. The summed E-state index contributed by atoms with van der Waals surface area (Å²) in [5, 5.41) is 3.49. The lowest BCUT2D eigenvalue weighted by molar-refractivity contribution is 0.0226. The molecule has 1 aliphatic heterocycles. The van der Waals surface area contributed by atoms with E-state index in [-0.39, 0.29) is 12.1 Å². The van der Waals surface area contributed by atoms with E-state index < -0.39 is 5.60 Å². The number of nitrogens with one attached hydrogen (secondary N) is 1. The molecule has 0 spiro atoms. The highest BCUT2D eigenvalue weighted by molar-refractivity contribution is 5.69. The van der Waals surface area contributed by atoms with E-state index in [1.807, 2.05) is 25.7 Å². The van der Waals surface area contributed by atoms with Crippen molar-refractivity contribution in [1.29, 1.82) is 0 Å². The quantitative estimate of drug-likeness (QED) is 0.734. The van der Waals surface area contributed by atoms with E-state index in [0.29, 0.717) is 6.04 Å². The second kappa shape index (κ2) is 8.73. The smallest absolute Gasteiger partial charge is 0.410 e. The van der Waals surface area contributed by atoms with Gasteiger partial charge in [-0.3, -0.25) is 0 Å². The molecule has 0 bridgehead atoms. The molecule has 0 radical (unpaired) electrons. The molecular weight excluding hydrogens is 278 g/mol. The number of carbonyl (C=O) groups is 1. The Hall–Kier alpha value is -0.810. The maximum absolute atomic E-state index is 12.2. The molecule has 1 rings (SSSR count). The summed E-state index contributed by atoms with van der Waals surface area (Å²) in [5.74, 6) is 0. The van der Waals surface area contributed by atoms with Crippen molar-refractivity contribution in [2.75, 3.05) is 33.2 Å². The van der Waals surface area contributed by atoms with Crippen molar-refractivity contribution in [2.24, 2.45) is 0 Å². The maximum Gasteiger partial charge on any atom is 0.410 e. The average Bonchev–Trinajstić information content (AvgIpc) is 2.89. The van der Waals surface area contributed by atoms with Crippen LogP contribution >= 0.6 is 0 Å². The van der Waals surface area contributed by atoms with Crippen molar-refractivity contribution in [2.45, 2.75) is 71.6 Å². The van der Waals surface area contributed by atoms with E-state index in [1.54, 1.807) is 0 Å². The number of hydrogen-bond acceptors (Lipinski definition) is 4. The molecule has 1 amide bonds. The third-order valence-corrected chi connectivity index (χ3v) is 4.37. The van der Waals surface area contributed by atoms with Crippen molar-refractivity contribution in [3.63, 3.8) is 0 Å². The Kier molecular flexibility index (Phi) is 7.63. The highest BCUT2D eigenvalue weighted by atomic mass is 16.6. The summed E-state index contributed by atoms with van der Waals surface area (Å²) in [6, 6.07) is 0.885. The summed E-state index contributed by atoms with van der Waals surface area (Å²) in [6.07, 6.45) is 3.13. The normalized spacial score (nSPS) is 20.5. The zero-order valence-corrected chi connectivity index (χ0v) is 15.3. The van der Waals surface area contributed by atoms with Crippen LogP contribution in [-0.4, -0.2) is 66.8 Å². The zero-order chi connectivity index (χ0) is 16.8. The Morgan fingerprint density at radius 2 is 2.14 bits per heavy atom. The van der Waals surface area contributed by atoms with Crippen LogP contribution in [0.4, 0.5) is 4.79 Å². The van der Waals surface area contributed by atoms with Crippen LogP contribution in [0.15, 0.2) is 0 Å². The third kappa shape index (κ3) is 6.53. The molecule has 0 aromatic heterocycles. The highest BCUT2D eigenvalue weighted by Gasteiger charge is 2.31. The summed E-state index contributed by atoms with van der Waals surface area (Å²) in [4.78, 5) is 16.5. The number of nitrogens with zero attached hydrogens (tertiary/aromatic N) is 2. The van der Waals surface area contributed by atoms with Gasteiger partial charge in [0.2, 0.25) is 0 Å². The Bertz CT molecular complexity index is 341. The van der Waals surface area contributed by atoms with E-state index >= 15 is 0 Å². The number of hydrogen-bond donors (Lipinski definition) is 1. The fourth-order valence-corrected chi connectivity index (χ4v) is 2.66. The Labute approximate surface area is 136 Å². The van der Waals surface area contributed by atoms with Crippen molar-refractivity contribution in [3.05, 3.63) is 0 Å². The van der Waals surface area contributed by atoms with Gasteiger partial charge in [0.1, 0.15) is 5.60 Å². The van der Waals surface area contributed by atoms with Crippen molar-refractivity contribution in [3.8, 4) is 0 Å². The van der Waals surface area contributed by atoms with Gasteiger partial charge in [0.15, 0.2) is 0 Å². The van der Waals surface area contributed by atoms with Crippen LogP contribution in [0, 0.1) is 0 Å². The van der Waals surface area contributed by atoms with Crippen LogP contribution in [0.5, 0.6) is 0 Å². The minimum atomic E-state index is -0.420. The van der Waals surface area contributed by atoms with Gasteiger partial charge in [-0.15, -0.1) is 0 Å². The maximum atomic E-state index is 12.2. The number of amides is 1. The molecule has 1 fully saturated rings.